The highest BCUT2D eigenvalue weighted by Crippen LogP contribution is 2.26. The first kappa shape index (κ1) is 16.7. The zero-order chi connectivity index (χ0) is 17.6. The van der Waals surface area contributed by atoms with Crippen LogP contribution in [0.25, 0.3) is 11.1 Å². The van der Waals surface area contributed by atoms with Crippen molar-refractivity contribution in [2.24, 2.45) is 0 Å². The van der Waals surface area contributed by atoms with Crippen molar-refractivity contribution in [1.29, 1.82) is 0 Å². The molecule has 1 atom stereocenters. The number of methoxy groups -OCH3 is 1. The molecule has 25 heavy (non-hydrogen) atoms. The normalized spacial score (nSPS) is 11.6. The Morgan fingerprint density at radius 2 is 1.80 bits per heavy atom. The number of anilines is 2. The number of hydrogen-bond acceptors (Lipinski definition) is 4. The van der Waals surface area contributed by atoms with Crippen molar-refractivity contribution >= 4 is 17.5 Å². The highest BCUT2D eigenvalue weighted by atomic mass is 16.5. The second kappa shape index (κ2) is 7.62. The Morgan fingerprint density at radius 3 is 2.48 bits per heavy atom. The summed E-state index contributed by atoms with van der Waals surface area (Å²) in [6.07, 6.45) is 1.76. The minimum absolute atomic E-state index is 0.227. The van der Waals surface area contributed by atoms with E-state index in [1.165, 1.54) is 7.11 Å². The van der Waals surface area contributed by atoms with Crippen LogP contribution in [0.2, 0.25) is 0 Å². The van der Waals surface area contributed by atoms with E-state index in [9.17, 15) is 4.79 Å². The number of carbonyl (C=O) groups is 1. The number of nitrogens with zero attached hydrogens (tertiary/aromatic N) is 1. The third-order valence-electron chi connectivity index (χ3n) is 4.10. The van der Waals surface area contributed by atoms with Crippen molar-refractivity contribution in [2.75, 3.05) is 12.4 Å². The van der Waals surface area contributed by atoms with Gasteiger partial charge in [0.1, 0.15) is 5.82 Å². The number of benzene rings is 2. The molecule has 2 aromatic carbocycles. The Labute approximate surface area is 147 Å². The zero-order valence-corrected chi connectivity index (χ0v) is 14.3. The summed E-state index contributed by atoms with van der Waals surface area (Å²) in [4.78, 5) is 15.9. The first-order valence-electron chi connectivity index (χ1n) is 8.13. The highest BCUT2D eigenvalue weighted by molar-refractivity contribution is 5.78. The molecule has 0 bridgehead atoms. The molecule has 1 heterocycles. The molecule has 0 amide bonds. The van der Waals surface area contributed by atoms with Crippen molar-refractivity contribution in [2.45, 2.75) is 12.8 Å². The van der Waals surface area contributed by atoms with Crippen molar-refractivity contribution in [1.82, 2.24) is 4.98 Å². The van der Waals surface area contributed by atoms with Gasteiger partial charge in [-0.1, -0.05) is 42.5 Å². The first-order valence-corrected chi connectivity index (χ1v) is 8.13. The molecule has 0 spiro atoms. The lowest BCUT2D eigenvalue weighted by atomic mass is 9.97. The molecular weight excluding hydrogens is 312 g/mol. The molecule has 1 aromatic heterocycles. The molecular formula is C21H20N2O2. The number of hydrogen-bond donors (Lipinski definition) is 1. The standard InChI is InChI=1S/C21H20N2O2/c1-15(21(24)25-2)16-9-11-17(12-10-16)18-6-5-7-19(14-18)23-20-8-3-4-13-22-20/h3-15H,1-2H3,(H,22,23). The van der Waals surface area contributed by atoms with Crippen molar-refractivity contribution in [3.8, 4) is 11.1 Å². The maximum atomic E-state index is 11.6. The van der Waals surface area contributed by atoms with Gasteiger partial charge in [0.15, 0.2) is 0 Å². The molecule has 3 rings (SSSR count). The Balaban J connectivity index is 1.80. The van der Waals surface area contributed by atoms with E-state index >= 15 is 0 Å². The van der Waals surface area contributed by atoms with Gasteiger partial charge in [-0.15, -0.1) is 0 Å². The van der Waals surface area contributed by atoms with Gasteiger partial charge in [-0.05, 0) is 47.9 Å². The third kappa shape index (κ3) is 4.04. The lowest BCUT2D eigenvalue weighted by molar-refractivity contribution is -0.141. The number of aromatic nitrogens is 1. The summed E-state index contributed by atoms with van der Waals surface area (Å²) >= 11 is 0. The van der Waals surface area contributed by atoms with Crippen LogP contribution in [0, 0.1) is 0 Å². The monoisotopic (exact) mass is 332 g/mol. The smallest absolute Gasteiger partial charge is 0.312 e. The predicted molar refractivity (Wildman–Crippen MR) is 99.8 cm³/mol. The fourth-order valence-corrected chi connectivity index (χ4v) is 2.64. The lowest BCUT2D eigenvalue weighted by Crippen LogP contribution is -2.10. The lowest BCUT2D eigenvalue weighted by Gasteiger charge is -2.11. The minimum atomic E-state index is -0.267. The van der Waals surface area contributed by atoms with Gasteiger partial charge in [0.2, 0.25) is 0 Å². The third-order valence-corrected chi connectivity index (χ3v) is 4.10. The summed E-state index contributed by atoms with van der Waals surface area (Å²) in [5.41, 5.74) is 4.10. The molecule has 4 nitrogen and oxygen atoms in total. The number of esters is 1. The molecule has 1 N–H and O–H groups in total. The van der Waals surface area contributed by atoms with Crippen LogP contribution in [0.4, 0.5) is 11.5 Å². The summed E-state index contributed by atoms with van der Waals surface area (Å²) in [7, 11) is 1.41. The van der Waals surface area contributed by atoms with Gasteiger partial charge in [-0.3, -0.25) is 4.79 Å². The van der Waals surface area contributed by atoms with E-state index < -0.39 is 0 Å². The highest BCUT2D eigenvalue weighted by Gasteiger charge is 2.15. The largest absolute Gasteiger partial charge is 0.469 e. The first-order chi connectivity index (χ1) is 12.2. The molecule has 0 saturated heterocycles. The Hall–Kier alpha value is -3.14. The fraction of sp³-hybridized carbons (Fsp3) is 0.143. The van der Waals surface area contributed by atoms with E-state index in [1.807, 2.05) is 61.5 Å². The molecule has 4 heteroatoms. The molecule has 0 saturated carbocycles. The van der Waals surface area contributed by atoms with Gasteiger partial charge in [-0.2, -0.15) is 0 Å². The Morgan fingerprint density at radius 1 is 1.00 bits per heavy atom. The van der Waals surface area contributed by atoms with Gasteiger partial charge < -0.3 is 10.1 Å². The average molecular weight is 332 g/mol. The van der Waals surface area contributed by atoms with Gasteiger partial charge in [0, 0.05) is 11.9 Å². The van der Waals surface area contributed by atoms with Crippen LogP contribution in [-0.2, 0) is 9.53 Å². The maximum Gasteiger partial charge on any atom is 0.312 e. The van der Waals surface area contributed by atoms with Crippen molar-refractivity contribution in [3.05, 3.63) is 78.5 Å². The molecule has 0 aliphatic carbocycles. The molecule has 0 radical (unpaired) electrons. The van der Waals surface area contributed by atoms with Crippen molar-refractivity contribution < 1.29 is 9.53 Å². The molecule has 0 aliphatic rings. The fourth-order valence-electron chi connectivity index (χ4n) is 2.64. The molecule has 126 valence electrons. The number of nitrogens with one attached hydrogen (secondary N) is 1. The quantitative estimate of drug-likeness (QED) is 0.684. The van der Waals surface area contributed by atoms with E-state index in [-0.39, 0.29) is 11.9 Å². The number of rotatable bonds is 5. The maximum absolute atomic E-state index is 11.6. The summed E-state index contributed by atoms with van der Waals surface area (Å²) in [6, 6.07) is 21.9. The minimum Gasteiger partial charge on any atom is -0.469 e. The molecule has 3 aromatic rings. The molecule has 1 unspecified atom stereocenters. The van der Waals surface area contributed by atoms with Crippen LogP contribution >= 0.6 is 0 Å². The van der Waals surface area contributed by atoms with Gasteiger partial charge in [0.05, 0.1) is 13.0 Å². The molecule has 0 fully saturated rings. The van der Waals surface area contributed by atoms with E-state index in [0.717, 1.165) is 28.2 Å². The van der Waals surface area contributed by atoms with Crippen molar-refractivity contribution in [3.63, 3.8) is 0 Å². The average Bonchev–Trinajstić information content (AvgIpc) is 2.68. The summed E-state index contributed by atoms with van der Waals surface area (Å²) in [5, 5.41) is 3.29. The van der Waals surface area contributed by atoms with E-state index in [2.05, 4.69) is 22.4 Å². The molecule has 0 aliphatic heterocycles. The van der Waals surface area contributed by atoms with E-state index in [4.69, 9.17) is 4.74 Å². The van der Waals surface area contributed by atoms with Crippen LogP contribution < -0.4 is 5.32 Å². The zero-order valence-electron chi connectivity index (χ0n) is 14.3. The summed E-state index contributed by atoms with van der Waals surface area (Å²) in [6.45, 7) is 1.85. The van der Waals surface area contributed by atoms with Crippen LogP contribution in [-0.4, -0.2) is 18.1 Å². The van der Waals surface area contributed by atoms with Crippen LogP contribution in [0.3, 0.4) is 0 Å². The van der Waals surface area contributed by atoms with Gasteiger partial charge >= 0.3 is 5.97 Å². The van der Waals surface area contributed by atoms with Gasteiger partial charge in [0.25, 0.3) is 0 Å². The van der Waals surface area contributed by atoms with E-state index in [1.54, 1.807) is 6.20 Å². The Bertz CT molecular complexity index is 845. The summed E-state index contributed by atoms with van der Waals surface area (Å²) in [5.74, 6) is 0.312. The second-order valence-electron chi connectivity index (χ2n) is 5.79. The number of pyridine rings is 1. The van der Waals surface area contributed by atoms with Crippen LogP contribution in [0.5, 0.6) is 0 Å². The SMILES string of the molecule is COC(=O)C(C)c1ccc(-c2cccc(Nc3ccccn3)c2)cc1. The van der Waals surface area contributed by atoms with Crippen LogP contribution in [0.1, 0.15) is 18.4 Å². The van der Waals surface area contributed by atoms with E-state index in [0.29, 0.717) is 0 Å². The number of ether oxygens (including phenoxy) is 1. The topological polar surface area (TPSA) is 51.2 Å². The predicted octanol–water partition coefficient (Wildman–Crippen LogP) is 4.77. The Kier molecular flexibility index (Phi) is 5.09. The van der Waals surface area contributed by atoms with Crippen LogP contribution in [0.15, 0.2) is 72.9 Å². The van der Waals surface area contributed by atoms with Gasteiger partial charge in [-0.25, -0.2) is 4.98 Å². The summed E-state index contributed by atoms with van der Waals surface area (Å²) < 4.78 is 4.80. The number of carbonyl (C=O) groups excluding carboxylic acids is 1. The second-order valence-corrected chi connectivity index (χ2v) is 5.79.